The van der Waals surface area contributed by atoms with Crippen molar-refractivity contribution in [3.63, 3.8) is 0 Å². The summed E-state index contributed by atoms with van der Waals surface area (Å²) in [6, 6.07) is 6.66. The zero-order chi connectivity index (χ0) is 20.1. The van der Waals surface area contributed by atoms with E-state index in [2.05, 4.69) is 5.32 Å². The standard InChI is InChI=1S/C22H27NO5/c1-13(24)17-4-3-5-18(7-17)23-19(25)14(2)28-20(26)21-8-15-6-16(9-21)11-22(27,10-15)12-21/h3-5,7,14-16,27H,6,8-12H2,1-2H3,(H,23,25)/t14-,15-,16+,21?,22?/m1/s1. The van der Waals surface area contributed by atoms with E-state index in [1.165, 1.54) is 6.92 Å². The van der Waals surface area contributed by atoms with E-state index < -0.39 is 23.0 Å². The highest BCUT2D eigenvalue weighted by Crippen LogP contribution is 2.62. The molecule has 150 valence electrons. The van der Waals surface area contributed by atoms with Gasteiger partial charge >= 0.3 is 5.97 Å². The number of amides is 1. The molecule has 5 rings (SSSR count). The number of ether oxygens (including phenoxy) is 1. The molecule has 28 heavy (non-hydrogen) atoms. The molecule has 6 nitrogen and oxygen atoms in total. The van der Waals surface area contributed by atoms with E-state index in [4.69, 9.17) is 4.74 Å². The molecule has 0 aliphatic heterocycles. The number of nitrogens with one attached hydrogen (secondary N) is 1. The summed E-state index contributed by atoms with van der Waals surface area (Å²) in [5, 5.41) is 13.5. The maximum absolute atomic E-state index is 13.0. The highest BCUT2D eigenvalue weighted by atomic mass is 16.5. The molecule has 0 saturated heterocycles. The summed E-state index contributed by atoms with van der Waals surface area (Å²) in [4.78, 5) is 37.0. The van der Waals surface area contributed by atoms with Gasteiger partial charge < -0.3 is 15.2 Å². The molecule has 4 aliphatic rings. The Bertz CT molecular complexity index is 818. The highest BCUT2D eigenvalue weighted by Gasteiger charge is 2.61. The summed E-state index contributed by atoms with van der Waals surface area (Å²) >= 11 is 0. The van der Waals surface area contributed by atoms with Crippen molar-refractivity contribution in [2.24, 2.45) is 17.3 Å². The molecular formula is C22H27NO5. The number of carbonyl (C=O) groups excluding carboxylic acids is 3. The summed E-state index contributed by atoms with van der Waals surface area (Å²) < 4.78 is 5.56. The Morgan fingerprint density at radius 1 is 1.18 bits per heavy atom. The lowest BCUT2D eigenvalue weighted by atomic mass is 9.48. The van der Waals surface area contributed by atoms with Gasteiger partial charge in [-0.3, -0.25) is 14.4 Å². The van der Waals surface area contributed by atoms with Crippen LogP contribution in [-0.4, -0.2) is 34.5 Å². The topological polar surface area (TPSA) is 92.7 Å². The van der Waals surface area contributed by atoms with Gasteiger partial charge in [-0.2, -0.15) is 0 Å². The van der Waals surface area contributed by atoms with Crippen LogP contribution in [0.1, 0.15) is 62.7 Å². The first kappa shape index (κ1) is 19.1. The second kappa shape index (κ2) is 6.69. The van der Waals surface area contributed by atoms with Crippen LogP contribution in [0.5, 0.6) is 0 Å². The van der Waals surface area contributed by atoms with Crippen LogP contribution in [0.15, 0.2) is 24.3 Å². The quantitative estimate of drug-likeness (QED) is 0.600. The molecule has 5 atom stereocenters. The molecule has 0 spiro atoms. The van der Waals surface area contributed by atoms with Gasteiger partial charge in [0.05, 0.1) is 11.0 Å². The maximum atomic E-state index is 13.0. The lowest BCUT2D eigenvalue weighted by Crippen LogP contribution is -2.59. The highest BCUT2D eigenvalue weighted by molar-refractivity contribution is 5.98. The number of aliphatic hydroxyl groups is 1. The summed E-state index contributed by atoms with van der Waals surface area (Å²) in [6.45, 7) is 3.02. The molecule has 4 saturated carbocycles. The van der Waals surface area contributed by atoms with E-state index in [-0.39, 0.29) is 11.8 Å². The van der Waals surface area contributed by atoms with Crippen molar-refractivity contribution in [2.45, 2.75) is 64.1 Å². The molecule has 0 aromatic heterocycles. The van der Waals surface area contributed by atoms with E-state index in [9.17, 15) is 19.5 Å². The average Bonchev–Trinajstić information content (AvgIpc) is 2.59. The van der Waals surface area contributed by atoms with Gasteiger partial charge in [-0.05, 0) is 76.3 Å². The Balaban J connectivity index is 1.41. The number of Topliss-reactive ketones (excluding diaryl/α,β-unsaturated/α-hetero) is 1. The van der Waals surface area contributed by atoms with Crippen molar-refractivity contribution in [3.8, 4) is 0 Å². The smallest absolute Gasteiger partial charge is 0.312 e. The molecule has 6 heteroatoms. The minimum Gasteiger partial charge on any atom is -0.452 e. The summed E-state index contributed by atoms with van der Waals surface area (Å²) in [6.07, 6.45) is 3.64. The van der Waals surface area contributed by atoms with Crippen LogP contribution in [0.25, 0.3) is 0 Å². The summed E-state index contributed by atoms with van der Waals surface area (Å²) in [7, 11) is 0. The van der Waals surface area contributed by atoms with Gasteiger partial charge in [0.1, 0.15) is 0 Å². The molecular weight excluding hydrogens is 358 g/mol. The van der Waals surface area contributed by atoms with E-state index in [0.29, 0.717) is 29.5 Å². The van der Waals surface area contributed by atoms with Crippen molar-refractivity contribution in [1.82, 2.24) is 0 Å². The minimum absolute atomic E-state index is 0.0877. The van der Waals surface area contributed by atoms with Gasteiger partial charge in [-0.15, -0.1) is 0 Å². The van der Waals surface area contributed by atoms with Crippen LogP contribution < -0.4 is 5.32 Å². The number of carbonyl (C=O) groups is 3. The number of rotatable bonds is 5. The van der Waals surface area contributed by atoms with Crippen molar-refractivity contribution < 1.29 is 24.2 Å². The predicted molar refractivity (Wildman–Crippen MR) is 103 cm³/mol. The zero-order valence-electron chi connectivity index (χ0n) is 16.4. The molecule has 1 amide bonds. The second-order valence-electron chi connectivity index (χ2n) is 9.14. The van der Waals surface area contributed by atoms with Crippen molar-refractivity contribution in [2.75, 3.05) is 5.32 Å². The van der Waals surface area contributed by atoms with E-state index in [0.717, 1.165) is 32.1 Å². The fourth-order valence-electron chi connectivity index (χ4n) is 5.85. The van der Waals surface area contributed by atoms with Gasteiger partial charge in [0.15, 0.2) is 11.9 Å². The van der Waals surface area contributed by atoms with Crippen molar-refractivity contribution in [1.29, 1.82) is 0 Å². The fourth-order valence-corrected chi connectivity index (χ4v) is 5.85. The second-order valence-corrected chi connectivity index (χ2v) is 9.14. The predicted octanol–water partition coefficient (Wildman–Crippen LogP) is 3.09. The van der Waals surface area contributed by atoms with Crippen molar-refractivity contribution in [3.05, 3.63) is 29.8 Å². The first-order chi connectivity index (χ1) is 13.2. The summed E-state index contributed by atoms with van der Waals surface area (Å²) in [5.74, 6) is -0.137. The molecule has 1 aromatic rings. The molecule has 4 aliphatic carbocycles. The number of hydrogen-bond donors (Lipinski definition) is 2. The van der Waals surface area contributed by atoms with Crippen molar-refractivity contribution >= 4 is 23.3 Å². The van der Waals surface area contributed by atoms with Gasteiger partial charge in [0.2, 0.25) is 0 Å². The Morgan fingerprint density at radius 2 is 1.86 bits per heavy atom. The van der Waals surface area contributed by atoms with Crippen LogP contribution in [-0.2, 0) is 14.3 Å². The minimum atomic E-state index is -0.948. The van der Waals surface area contributed by atoms with Crippen LogP contribution in [0, 0.1) is 17.3 Å². The third kappa shape index (κ3) is 3.46. The third-order valence-corrected chi connectivity index (χ3v) is 6.65. The molecule has 1 aromatic carbocycles. The number of ketones is 1. The Morgan fingerprint density at radius 3 is 2.46 bits per heavy atom. The lowest BCUT2D eigenvalue weighted by molar-refractivity contribution is -0.199. The van der Waals surface area contributed by atoms with Crippen LogP contribution >= 0.6 is 0 Å². The Kier molecular flexibility index (Phi) is 4.57. The number of anilines is 1. The zero-order valence-corrected chi connectivity index (χ0v) is 16.4. The van der Waals surface area contributed by atoms with Gasteiger partial charge in [-0.25, -0.2) is 0 Å². The molecule has 0 heterocycles. The number of hydrogen-bond acceptors (Lipinski definition) is 5. The summed E-state index contributed by atoms with van der Waals surface area (Å²) in [5.41, 5.74) is -0.405. The molecule has 2 unspecified atom stereocenters. The monoisotopic (exact) mass is 385 g/mol. The van der Waals surface area contributed by atoms with Crippen LogP contribution in [0.2, 0.25) is 0 Å². The third-order valence-electron chi connectivity index (χ3n) is 6.65. The lowest BCUT2D eigenvalue weighted by Gasteiger charge is -2.58. The number of benzene rings is 1. The first-order valence-corrected chi connectivity index (χ1v) is 10.0. The van der Waals surface area contributed by atoms with E-state index in [1.807, 2.05) is 0 Å². The SMILES string of the molecule is CC(=O)c1cccc(NC(=O)[C@@H](C)OC(=O)C23C[C@@H]4C[C@@H](CC(O)(C4)C2)C3)c1. The van der Waals surface area contributed by atoms with Crippen LogP contribution in [0.3, 0.4) is 0 Å². The Labute approximate surface area is 164 Å². The molecule has 4 bridgehead atoms. The average molecular weight is 385 g/mol. The fraction of sp³-hybridized carbons (Fsp3) is 0.591. The van der Waals surface area contributed by atoms with E-state index in [1.54, 1.807) is 31.2 Å². The normalized spacial score (nSPS) is 34.0. The Hall–Kier alpha value is -2.21. The van der Waals surface area contributed by atoms with Crippen LogP contribution in [0.4, 0.5) is 5.69 Å². The molecule has 4 fully saturated rings. The molecule has 0 radical (unpaired) electrons. The van der Waals surface area contributed by atoms with Gasteiger partial charge in [0.25, 0.3) is 5.91 Å². The van der Waals surface area contributed by atoms with E-state index >= 15 is 0 Å². The first-order valence-electron chi connectivity index (χ1n) is 10.0. The molecule has 2 N–H and O–H groups in total. The van der Waals surface area contributed by atoms with Gasteiger partial charge in [0, 0.05) is 11.3 Å². The van der Waals surface area contributed by atoms with Gasteiger partial charge in [-0.1, -0.05) is 12.1 Å². The maximum Gasteiger partial charge on any atom is 0.312 e. The largest absolute Gasteiger partial charge is 0.452 e. The number of esters is 1.